The fourth-order valence-electron chi connectivity index (χ4n) is 0.989. The Bertz CT molecular complexity index is 98.5. The van der Waals surface area contributed by atoms with Gasteiger partial charge in [-0.3, -0.25) is 0 Å². The van der Waals surface area contributed by atoms with E-state index in [1.165, 1.54) is 0 Å². The third kappa shape index (κ3) is 8.31. The van der Waals surface area contributed by atoms with Crippen LogP contribution in [-0.2, 0) is 4.74 Å². The van der Waals surface area contributed by atoms with E-state index in [1.54, 1.807) is 7.11 Å². The zero-order valence-corrected chi connectivity index (χ0v) is 9.10. The van der Waals surface area contributed by atoms with Crippen molar-refractivity contribution >= 4 is 11.6 Å². The number of ether oxygens (including phenoxy) is 1. The molecule has 0 N–H and O–H groups in total. The summed E-state index contributed by atoms with van der Waals surface area (Å²) in [4.78, 5) is 2.29. The molecule has 0 saturated carbocycles. The molecule has 0 aliphatic carbocycles. The Balaban J connectivity index is 3.15. The lowest BCUT2D eigenvalue weighted by molar-refractivity contribution is 0.179. The molecule has 0 bridgehead atoms. The molecule has 0 radical (unpaired) electrons. The molecule has 1 atom stereocenters. The maximum Gasteiger partial charge on any atom is 0.0474 e. The minimum atomic E-state index is 0.287. The number of hydrogen-bond donors (Lipinski definition) is 0. The Hall–Kier alpha value is 0.210. The molecule has 0 saturated heterocycles. The lowest BCUT2D eigenvalue weighted by Crippen LogP contribution is -2.23. The van der Waals surface area contributed by atoms with Crippen LogP contribution in [0.25, 0.3) is 0 Å². The second-order valence-corrected chi connectivity index (χ2v) is 3.96. The summed E-state index contributed by atoms with van der Waals surface area (Å²) in [6.45, 7) is 5.05. The highest BCUT2D eigenvalue weighted by molar-refractivity contribution is 6.20. The van der Waals surface area contributed by atoms with Crippen LogP contribution < -0.4 is 0 Å². The highest BCUT2D eigenvalue weighted by atomic mass is 35.5. The van der Waals surface area contributed by atoms with Crippen LogP contribution in [0.1, 0.15) is 19.8 Å². The smallest absolute Gasteiger partial charge is 0.0474 e. The maximum absolute atomic E-state index is 5.83. The van der Waals surface area contributed by atoms with Gasteiger partial charge >= 0.3 is 0 Å². The summed E-state index contributed by atoms with van der Waals surface area (Å²) in [5.41, 5.74) is 0. The molecule has 0 rings (SSSR count). The van der Waals surface area contributed by atoms with E-state index < -0.39 is 0 Å². The lowest BCUT2D eigenvalue weighted by atomic mass is 10.3. The average Bonchev–Trinajstić information content (AvgIpc) is 2.01. The number of hydrogen-bond acceptors (Lipinski definition) is 2. The van der Waals surface area contributed by atoms with E-state index in [-0.39, 0.29) is 5.38 Å². The standard InChI is InChI=1S/C9H20ClNO/c1-9(10)5-7-11(2)6-4-8-12-3/h9H,4-8H2,1-3H3. The van der Waals surface area contributed by atoms with E-state index in [9.17, 15) is 0 Å². The first-order chi connectivity index (χ1) is 5.66. The van der Waals surface area contributed by atoms with E-state index in [0.717, 1.165) is 32.5 Å². The molecular weight excluding hydrogens is 174 g/mol. The van der Waals surface area contributed by atoms with Gasteiger partial charge in [-0.25, -0.2) is 0 Å². The van der Waals surface area contributed by atoms with Crippen LogP contribution in [0.5, 0.6) is 0 Å². The topological polar surface area (TPSA) is 12.5 Å². The fourth-order valence-corrected chi connectivity index (χ4v) is 1.09. The molecule has 0 fully saturated rings. The average molecular weight is 194 g/mol. The molecule has 0 aromatic carbocycles. The van der Waals surface area contributed by atoms with Gasteiger partial charge < -0.3 is 9.64 Å². The van der Waals surface area contributed by atoms with Crippen LogP contribution in [-0.4, -0.2) is 44.1 Å². The van der Waals surface area contributed by atoms with Gasteiger partial charge in [0.05, 0.1) is 0 Å². The van der Waals surface area contributed by atoms with Gasteiger partial charge in [-0.1, -0.05) is 0 Å². The monoisotopic (exact) mass is 193 g/mol. The van der Waals surface area contributed by atoms with Crippen LogP contribution in [0.2, 0.25) is 0 Å². The minimum Gasteiger partial charge on any atom is -0.385 e. The first-order valence-electron chi connectivity index (χ1n) is 4.48. The number of alkyl halides is 1. The van der Waals surface area contributed by atoms with Gasteiger partial charge in [-0.2, -0.15) is 0 Å². The summed E-state index contributed by atoms with van der Waals surface area (Å²) in [7, 11) is 3.86. The Morgan fingerprint density at radius 3 is 2.58 bits per heavy atom. The van der Waals surface area contributed by atoms with Crippen molar-refractivity contribution in [3.63, 3.8) is 0 Å². The van der Waals surface area contributed by atoms with Crippen molar-refractivity contribution in [3.05, 3.63) is 0 Å². The molecule has 0 spiro atoms. The van der Waals surface area contributed by atoms with E-state index in [2.05, 4.69) is 11.9 Å². The summed E-state index contributed by atoms with van der Waals surface area (Å²) in [6, 6.07) is 0. The molecule has 0 amide bonds. The summed E-state index contributed by atoms with van der Waals surface area (Å²) in [6.07, 6.45) is 2.16. The van der Waals surface area contributed by atoms with Crippen molar-refractivity contribution in [3.8, 4) is 0 Å². The minimum absolute atomic E-state index is 0.287. The normalized spacial score (nSPS) is 13.8. The van der Waals surface area contributed by atoms with Gasteiger partial charge in [-0.15, -0.1) is 11.6 Å². The number of methoxy groups -OCH3 is 1. The van der Waals surface area contributed by atoms with Crippen molar-refractivity contribution in [1.29, 1.82) is 0 Å². The van der Waals surface area contributed by atoms with E-state index in [0.29, 0.717) is 0 Å². The van der Waals surface area contributed by atoms with Crippen LogP contribution in [0.3, 0.4) is 0 Å². The van der Waals surface area contributed by atoms with Gasteiger partial charge in [0.1, 0.15) is 0 Å². The van der Waals surface area contributed by atoms with Crippen LogP contribution >= 0.6 is 11.6 Å². The molecule has 74 valence electrons. The summed E-state index contributed by atoms with van der Waals surface area (Å²) < 4.78 is 4.97. The Morgan fingerprint density at radius 1 is 1.42 bits per heavy atom. The Labute approximate surface area is 80.8 Å². The van der Waals surface area contributed by atoms with Gasteiger partial charge in [0.2, 0.25) is 0 Å². The van der Waals surface area contributed by atoms with E-state index in [1.807, 2.05) is 6.92 Å². The van der Waals surface area contributed by atoms with E-state index >= 15 is 0 Å². The van der Waals surface area contributed by atoms with Gasteiger partial charge in [0.15, 0.2) is 0 Å². The number of nitrogens with zero attached hydrogens (tertiary/aromatic N) is 1. The molecule has 0 aromatic rings. The Kier molecular flexibility index (Phi) is 7.98. The quantitative estimate of drug-likeness (QED) is 0.453. The molecule has 3 heteroatoms. The Morgan fingerprint density at radius 2 is 2.08 bits per heavy atom. The second kappa shape index (κ2) is 7.84. The van der Waals surface area contributed by atoms with Crippen molar-refractivity contribution in [2.24, 2.45) is 0 Å². The molecule has 1 unspecified atom stereocenters. The molecular formula is C9H20ClNO. The van der Waals surface area contributed by atoms with Gasteiger partial charge in [0, 0.05) is 25.6 Å². The molecule has 0 heterocycles. The highest BCUT2D eigenvalue weighted by Crippen LogP contribution is 2.01. The summed E-state index contributed by atoms with van der Waals surface area (Å²) >= 11 is 5.83. The largest absolute Gasteiger partial charge is 0.385 e. The number of halogens is 1. The molecule has 0 aromatic heterocycles. The first-order valence-corrected chi connectivity index (χ1v) is 4.92. The van der Waals surface area contributed by atoms with Crippen LogP contribution in [0.15, 0.2) is 0 Å². The van der Waals surface area contributed by atoms with Gasteiger partial charge in [-0.05, 0) is 33.4 Å². The van der Waals surface area contributed by atoms with Crippen LogP contribution in [0.4, 0.5) is 0 Å². The van der Waals surface area contributed by atoms with Gasteiger partial charge in [0.25, 0.3) is 0 Å². The zero-order valence-electron chi connectivity index (χ0n) is 8.35. The van der Waals surface area contributed by atoms with Crippen molar-refractivity contribution in [2.45, 2.75) is 25.1 Å². The molecule has 12 heavy (non-hydrogen) atoms. The predicted octanol–water partition coefficient (Wildman–Crippen LogP) is 1.97. The third-order valence-electron chi connectivity index (χ3n) is 1.80. The maximum atomic E-state index is 5.83. The molecule has 2 nitrogen and oxygen atoms in total. The lowest BCUT2D eigenvalue weighted by Gasteiger charge is -2.16. The molecule has 0 aliphatic rings. The van der Waals surface area contributed by atoms with Crippen molar-refractivity contribution in [1.82, 2.24) is 4.90 Å². The second-order valence-electron chi connectivity index (χ2n) is 3.22. The van der Waals surface area contributed by atoms with Crippen LogP contribution in [0, 0.1) is 0 Å². The summed E-state index contributed by atoms with van der Waals surface area (Å²) in [5, 5.41) is 0.287. The SMILES string of the molecule is COCCCN(C)CCC(C)Cl. The zero-order chi connectivity index (χ0) is 9.40. The fraction of sp³-hybridized carbons (Fsp3) is 1.00. The van der Waals surface area contributed by atoms with E-state index in [4.69, 9.17) is 16.3 Å². The molecule has 0 aliphatic heterocycles. The summed E-state index contributed by atoms with van der Waals surface area (Å²) in [5.74, 6) is 0. The van der Waals surface area contributed by atoms with Crippen molar-refractivity contribution in [2.75, 3.05) is 33.9 Å². The highest BCUT2D eigenvalue weighted by Gasteiger charge is 2.00. The van der Waals surface area contributed by atoms with Crippen molar-refractivity contribution < 1.29 is 4.74 Å². The third-order valence-corrected chi connectivity index (χ3v) is 2.02. The predicted molar refractivity (Wildman–Crippen MR) is 53.9 cm³/mol. The number of rotatable bonds is 7. The first kappa shape index (κ1) is 12.2.